The molecule has 1 heterocycles. The van der Waals surface area contributed by atoms with Crippen molar-refractivity contribution in [3.63, 3.8) is 0 Å². The molecule has 0 fully saturated rings. The van der Waals surface area contributed by atoms with E-state index in [2.05, 4.69) is 0 Å². The van der Waals surface area contributed by atoms with Gasteiger partial charge in [-0.2, -0.15) is 0 Å². The van der Waals surface area contributed by atoms with Crippen molar-refractivity contribution in [1.82, 2.24) is 0 Å². The largest absolute Gasteiger partial charge is 0.273 e. The average molecular weight is 216 g/mol. The van der Waals surface area contributed by atoms with Gasteiger partial charge in [0.05, 0.1) is 4.88 Å². The van der Waals surface area contributed by atoms with Gasteiger partial charge >= 0.3 is 0 Å². The molecule has 1 aromatic carbocycles. The highest BCUT2D eigenvalue weighted by molar-refractivity contribution is 7.19. The number of rotatable bonds is 1. The van der Waals surface area contributed by atoms with Gasteiger partial charge in [0.15, 0.2) is 0 Å². The molecule has 4 heteroatoms. The predicted molar refractivity (Wildman–Crippen MR) is 51.5 cm³/mol. The van der Waals surface area contributed by atoms with Gasteiger partial charge in [0.1, 0.15) is 5.82 Å². The van der Waals surface area contributed by atoms with E-state index < -0.39 is 6.43 Å². The zero-order valence-electron chi connectivity index (χ0n) is 7.35. The molecule has 0 aliphatic heterocycles. The summed E-state index contributed by atoms with van der Waals surface area (Å²) in [5.74, 6) is -0.390. The van der Waals surface area contributed by atoms with Crippen LogP contribution in [0.15, 0.2) is 18.2 Å². The minimum Gasteiger partial charge on any atom is -0.207 e. The molecule has 1 aromatic heterocycles. The quantitative estimate of drug-likeness (QED) is 0.667. The number of thiophene rings is 1. The third-order valence-electron chi connectivity index (χ3n) is 2.13. The molecular weight excluding hydrogens is 209 g/mol. The van der Waals surface area contributed by atoms with E-state index in [4.69, 9.17) is 0 Å². The fourth-order valence-corrected chi connectivity index (χ4v) is 2.47. The zero-order valence-corrected chi connectivity index (χ0v) is 8.17. The van der Waals surface area contributed by atoms with E-state index in [1.165, 1.54) is 18.2 Å². The van der Waals surface area contributed by atoms with Crippen molar-refractivity contribution in [3.8, 4) is 0 Å². The number of benzene rings is 1. The van der Waals surface area contributed by atoms with Gasteiger partial charge in [-0.1, -0.05) is 0 Å². The van der Waals surface area contributed by atoms with Crippen molar-refractivity contribution in [2.75, 3.05) is 0 Å². The molecular formula is C10H7F3S. The molecule has 0 spiro atoms. The lowest BCUT2D eigenvalue weighted by Crippen LogP contribution is -1.81. The van der Waals surface area contributed by atoms with Crippen LogP contribution in [0.1, 0.15) is 16.9 Å². The minimum atomic E-state index is -2.48. The summed E-state index contributed by atoms with van der Waals surface area (Å²) in [5, 5.41) is 0.588. The predicted octanol–water partition coefficient (Wildman–Crippen LogP) is 4.29. The maximum Gasteiger partial charge on any atom is 0.273 e. The molecule has 0 N–H and O–H groups in total. The van der Waals surface area contributed by atoms with Gasteiger partial charge in [-0.15, -0.1) is 11.3 Å². The lowest BCUT2D eigenvalue weighted by atomic mass is 10.1. The summed E-state index contributed by atoms with van der Waals surface area (Å²) in [6, 6.07) is 4.12. The van der Waals surface area contributed by atoms with Gasteiger partial charge in [0, 0.05) is 4.70 Å². The summed E-state index contributed by atoms with van der Waals surface area (Å²) in [5.41, 5.74) is 0.486. The van der Waals surface area contributed by atoms with E-state index in [9.17, 15) is 13.2 Å². The molecule has 0 nitrogen and oxygen atoms in total. The molecule has 0 aliphatic rings. The van der Waals surface area contributed by atoms with E-state index in [-0.39, 0.29) is 10.7 Å². The molecule has 0 amide bonds. The number of aryl methyl sites for hydroxylation is 1. The van der Waals surface area contributed by atoms with Crippen LogP contribution in [0.4, 0.5) is 13.2 Å². The Morgan fingerprint density at radius 1 is 1.29 bits per heavy atom. The number of fused-ring (bicyclic) bond motifs is 1. The molecule has 2 rings (SSSR count). The summed E-state index contributed by atoms with van der Waals surface area (Å²) in [6.45, 7) is 1.60. The van der Waals surface area contributed by atoms with Crippen LogP contribution < -0.4 is 0 Å². The van der Waals surface area contributed by atoms with Crippen molar-refractivity contribution in [3.05, 3.63) is 34.5 Å². The second-order valence-corrected chi connectivity index (χ2v) is 4.12. The molecule has 0 saturated carbocycles. The summed E-state index contributed by atoms with van der Waals surface area (Å²) in [4.78, 5) is 0.0330. The zero-order chi connectivity index (χ0) is 10.3. The van der Waals surface area contributed by atoms with Crippen molar-refractivity contribution in [1.29, 1.82) is 0 Å². The number of hydrogen-bond acceptors (Lipinski definition) is 1. The Bertz CT molecular complexity index is 473. The van der Waals surface area contributed by atoms with Crippen LogP contribution in [-0.2, 0) is 0 Å². The van der Waals surface area contributed by atoms with E-state index >= 15 is 0 Å². The molecule has 0 bridgehead atoms. The van der Waals surface area contributed by atoms with Crippen molar-refractivity contribution < 1.29 is 13.2 Å². The van der Waals surface area contributed by atoms with Gasteiger partial charge in [0.2, 0.25) is 0 Å². The molecule has 74 valence electrons. The van der Waals surface area contributed by atoms with Crippen molar-refractivity contribution in [2.24, 2.45) is 0 Å². The first kappa shape index (κ1) is 9.52. The van der Waals surface area contributed by atoms with Gasteiger partial charge in [0.25, 0.3) is 6.43 Å². The first-order valence-corrected chi connectivity index (χ1v) is 4.88. The summed E-state index contributed by atoms with van der Waals surface area (Å²) in [7, 11) is 0. The fraction of sp³-hybridized carbons (Fsp3) is 0.200. The van der Waals surface area contributed by atoms with E-state index in [1.807, 2.05) is 0 Å². The monoisotopic (exact) mass is 216 g/mol. The smallest absolute Gasteiger partial charge is 0.207 e. The topological polar surface area (TPSA) is 0 Å². The Balaban J connectivity index is 2.74. The van der Waals surface area contributed by atoms with Crippen LogP contribution in [0.5, 0.6) is 0 Å². The highest BCUT2D eigenvalue weighted by Gasteiger charge is 2.16. The van der Waals surface area contributed by atoms with Crippen LogP contribution in [0.2, 0.25) is 0 Å². The van der Waals surface area contributed by atoms with E-state index in [0.29, 0.717) is 15.6 Å². The number of halogens is 3. The second-order valence-electron chi connectivity index (χ2n) is 3.03. The Hall–Kier alpha value is -1.03. The lowest BCUT2D eigenvalue weighted by Gasteiger charge is -1.95. The number of hydrogen-bond donors (Lipinski definition) is 0. The number of alkyl halides is 2. The third kappa shape index (κ3) is 1.39. The summed E-state index contributed by atoms with van der Waals surface area (Å²) >= 11 is 1.02. The highest BCUT2D eigenvalue weighted by atomic mass is 32.1. The molecule has 0 saturated heterocycles. The minimum absolute atomic E-state index is 0.0330. The molecule has 0 radical (unpaired) electrons. The second kappa shape index (κ2) is 3.28. The first-order chi connectivity index (χ1) is 6.59. The van der Waals surface area contributed by atoms with Crippen LogP contribution in [0.3, 0.4) is 0 Å². The summed E-state index contributed by atoms with van der Waals surface area (Å²) in [6.07, 6.45) is -2.48. The molecule has 0 aliphatic carbocycles. The average Bonchev–Trinajstić information content (AvgIpc) is 2.44. The fourth-order valence-electron chi connectivity index (χ4n) is 1.42. The SMILES string of the molecule is Cc1c(C(F)F)sc2ccc(F)cc12. The van der Waals surface area contributed by atoms with Crippen LogP contribution in [0.25, 0.3) is 10.1 Å². The molecule has 2 aromatic rings. The van der Waals surface area contributed by atoms with Gasteiger partial charge < -0.3 is 0 Å². The first-order valence-electron chi connectivity index (χ1n) is 4.06. The Labute approximate surface area is 83.0 Å². The third-order valence-corrected chi connectivity index (χ3v) is 3.41. The van der Waals surface area contributed by atoms with Crippen LogP contribution >= 0.6 is 11.3 Å². The van der Waals surface area contributed by atoms with E-state index in [0.717, 1.165) is 11.3 Å². The van der Waals surface area contributed by atoms with Gasteiger partial charge in [-0.25, -0.2) is 13.2 Å². The van der Waals surface area contributed by atoms with Crippen molar-refractivity contribution in [2.45, 2.75) is 13.3 Å². The standard InChI is InChI=1S/C10H7F3S/c1-5-7-4-6(11)2-3-8(7)14-9(5)10(12)13/h2-4,10H,1H3. The maximum atomic E-state index is 12.8. The lowest BCUT2D eigenvalue weighted by molar-refractivity contribution is 0.155. The molecule has 14 heavy (non-hydrogen) atoms. The van der Waals surface area contributed by atoms with E-state index in [1.54, 1.807) is 6.92 Å². The molecule has 0 unspecified atom stereocenters. The normalized spacial score (nSPS) is 11.5. The van der Waals surface area contributed by atoms with Gasteiger partial charge in [-0.3, -0.25) is 0 Å². The Morgan fingerprint density at radius 3 is 2.64 bits per heavy atom. The van der Waals surface area contributed by atoms with Gasteiger partial charge in [-0.05, 0) is 36.1 Å². The molecule has 0 atom stereocenters. The highest BCUT2D eigenvalue weighted by Crippen LogP contribution is 2.36. The Morgan fingerprint density at radius 2 is 2.00 bits per heavy atom. The van der Waals surface area contributed by atoms with Crippen LogP contribution in [0, 0.1) is 12.7 Å². The summed E-state index contributed by atoms with van der Waals surface area (Å²) < 4.78 is 38.5. The van der Waals surface area contributed by atoms with Crippen molar-refractivity contribution >= 4 is 21.4 Å². The maximum absolute atomic E-state index is 12.8. The van der Waals surface area contributed by atoms with Crippen LogP contribution in [-0.4, -0.2) is 0 Å². The Kier molecular flexibility index (Phi) is 2.23.